The molecule has 3 nitrogen and oxygen atoms in total. The standard InChI is InChI=1S/C15H25Cl2N3/c1-3-12-14(17)13(20(4-2)19-12)10-18-15(11-16)8-6-5-7-9-15/h18H,3-11H2,1-2H3. The van der Waals surface area contributed by atoms with Crippen molar-refractivity contribution in [2.24, 2.45) is 0 Å². The molecule has 1 heterocycles. The van der Waals surface area contributed by atoms with E-state index in [0.29, 0.717) is 5.88 Å². The van der Waals surface area contributed by atoms with Gasteiger partial charge in [0.25, 0.3) is 0 Å². The third kappa shape index (κ3) is 3.32. The van der Waals surface area contributed by atoms with Gasteiger partial charge in [0, 0.05) is 24.5 Å². The highest BCUT2D eigenvalue weighted by Crippen LogP contribution is 2.30. The third-order valence-electron chi connectivity index (χ3n) is 4.39. The molecule has 1 N–H and O–H groups in total. The van der Waals surface area contributed by atoms with Gasteiger partial charge < -0.3 is 5.32 Å². The maximum atomic E-state index is 6.46. The minimum Gasteiger partial charge on any atom is -0.304 e. The molecular formula is C15H25Cl2N3. The molecule has 0 aromatic carbocycles. The van der Waals surface area contributed by atoms with Crippen LogP contribution in [0.3, 0.4) is 0 Å². The minimum absolute atomic E-state index is 0.0817. The number of alkyl halides is 1. The molecule has 0 radical (unpaired) electrons. The zero-order valence-corrected chi connectivity index (χ0v) is 14.0. The van der Waals surface area contributed by atoms with Crippen molar-refractivity contribution in [1.82, 2.24) is 15.1 Å². The molecule has 114 valence electrons. The Hall–Kier alpha value is -0.250. The first-order chi connectivity index (χ1) is 9.65. The van der Waals surface area contributed by atoms with Crippen molar-refractivity contribution in [2.75, 3.05) is 5.88 Å². The van der Waals surface area contributed by atoms with E-state index in [1.807, 2.05) is 4.68 Å². The van der Waals surface area contributed by atoms with Gasteiger partial charge in [0.2, 0.25) is 0 Å². The molecular weight excluding hydrogens is 293 g/mol. The Balaban J connectivity index is 2.11. The molecule has 1 aliphatic rings. The van der Waals surface area contributed by atoms with Crippen LogP contribution in [-0.4, -0.2) is 21.2 Å². The van der Waals surface area contributed by atoms with Crippen LogP contribution in [0.5, 0.6) is 0 Å². The van der Waals surface area contributed by atoms with E-state index in [-0.39, 0.29) is 5.54 Å². The fourth-order valence-electron chi connectivity index (χ4n) is 3.04. The summed E-state index contributed by atoms with van der Waals surface area (Å²) in [6.45, 7) is 5.80. The van der Waals surface area contributed by atoms with Crippen molar-refractivity contribution in [3.05, 3.63) is 16.4 Å². The number of aryl methyl sites for hydroxylation is 2. The molecule has 20 heavy (non-hydrogen) atoms. The van der Waals surface area contributed by atoms with E-state index in [4.69, 9.17) is 23.2 Å². The summed E-state index contributed by atoms with van der Waals surface area (Å²) in [7, 11) is 0. The average molecular weight is 318 g/mol. The summed E-state index contributed by atoms with van der Waals surface area (Å²) in [4.78, 5) is 0. The lowest BCUT2D eigenvalue weighted by atomic mass is 9.83. The quantitative estimate of drug-likeness (QED) is 0.799. The topological polar surface area (TPSA) is 29.9 Å². The second kappa shape index (κ2) is 7.15. The van der Waals surface area contributed by atoms with E-state index in [0.717, 1.165) is 48.8 Å². The summed E-state index contributed by atoms with van der Waals surface area (Å²) in [5.41, 5.74) is 2.17. The predicted molar refractivity (Wildman–Crippen MR) is 85.7 cm³/mol. The first-order valence-electron chi connectivity index (χ1n) is 7.71. The number of nitrogens with one attached hydrogen (secondary N) is 1. The Labute approximate surface area is 132 Å². The first kappa shape index (κ1) is 16.1. The Kier molecular flexibility index (Phi) is 5.76. The smallest absolute Gasteiger partial charge is 0.0863 e. The van der Waals surface area contributed by atoms with E-state index in [9.17, 15) is 0 Å². The third-order valence-corrected chi connectivity index (χ3v) is 5.34. The van der Waals surface area contributed by atoms with Gasteiger partial charge in [-0.25, -0.2) is 0 Å². The lowest BCUT2D eigenvalue weighted by Gasteiger charge is -2.36. The summed E-state index contributed by atoms with van der Waals surface area (Å²) >= 11 is 12.7. The highest BCUT2D eigenvalue weighted by Gasteiger charge is 2.31. The maximum Gasteiger partial charge on any atom is 0.0863 e. The van der Waals surface area contributed by atoms with Gasteiger partial charge in [-0.05, 0) is 26.2 Å². The normalized spacial score (nSPS) is 18.4. The van der Waals surface area contributed by atoms with Gasteiger partial charge in [-0.1, -0.05) is 37.8 Å². The number of nitrogens with zero attached hydrogens (tertiary/aromatic N) is 2. The molecule has 1 aromatic heterocycles. The zero-order chi connectivity index (χ0) is 14.6. The van der Waals surface area contributed by atoms with Gasteiger partial charge >= 0.3 is 0 Å². The van der Waals surface area contributed by atoms with Crippen LogP contribution in [0.2, 0.25) is 5.02 Å². The number of hydrogen-bond donors (Lipinski definition) is 1. The molecule has 0 spiro atoms. The molecule has 0 amide bonds. The predicted octanol–water partition coefficient (Wildman–Crippen LogP) is 4.15. The van der Waals surface area contributed by atoms with Crippen LogP contribution in [0.25, 0.3) is 0 Å². The van der Waals surface area contributed by atoms with Gasteiger partial charge in [0.05, 0.1) is 16.4 Å². The molecule has 0 saturated heterocycles. The van der Waals surface area contributed by atoms with Crippen LogP contribution in [0, 0.1) is 0 Å². The fraction of sp³-hybridized carbons (Fsp3) is 0.800. The van der Waals surface area contributed by atoms with Gasteiger partial charge in [0.1, 0.15) is 0 Å². The van der Waals surface area contributed by atoms with E-state index >= 15 is 0 Å². The Morgan fingerprint density at radius 1 is 1.25 bits per heavy atom. The molecule has 1 saturated carbocycles. The Bertz CT molecular complexity index is 437. The van der Waals surface area contributed by atoms with Crippen molar-refractivity contribution >= 4 is 23.2 Å². The SMILES string of the molecule is CCc1nn(CC)c(CNC2(CCl)CCCCC2)c1Cl. The summed E-state index contributed by atoms with van der Waals surface area (Å²) in [5.74, 6) is 0.672. The molecule has 2 rings (SSSR count). The van der Waals surface area contributed by atoms with Crippen LogP contribution >= 0.6 is 23.2 Å². The number of aromatic nitrogens is 2. The second-order valence-corrected chi connectivity index (χ2v) is 6.35. The largest absolute Gasteiger partial charge is 0.304 e. The van der Waals surface area contributed by atoms with Gasteiger partial charge in [-0.15, -0.1) is 11.6 Å². The lowest BCUT2D eigenvalue weighted by molar-refractivity contribution is 0.254. The summed E-state index contributed by atoms with van der Waals surface area (Å²) in [6.07, 6.45) is 7.05. The Morgan fingerprint density at radius 3 is 2.50 bits per heavy atom. The highest BCUT2D eigenvalue weighted by atomic mass is 35.5. The van der Waals surface area contributed by atoms with E-state index in [2.05, 4.69) is 24.3 Å². The van der Waals surface area contributed by atoms with Gasteiger partial charge in [0.15, 0.2) is 0 Å². The van der Waals surface area contributed by atoms with Crippen molar-refractivity contribution < 1.29 is 0 Å². The molecule has 1 aliphatic carbocycles. The molecule has 0 unspecified atom stereocenters. The molecule has 0 aliphatic heterocycles. The number of hydrogen-bond acceptors (Lipinski definition) is 2. The molecule has 5 heteroatoms. The fourth-order valence-corrected chi connectivity index (χ4v) is 3.74. The van der Waals surface area contributed by atoms with E-state index in [1.54, 1.807) is 0 Å². The summed E-state index contributed by atoms with van der Waals surface area (Å²) < 4.78 is 2.01. The van der Waals surface area contributed by atoms with E-state index in [1.165, 1.54) is 19.3 Å². The first-order valence-corrected chi connectivity index (χ1v) is 8.62. The maximum absolute atomic E-state index is 6.46. The number of halogens is 2. The van der Waals surface area contributed by atoms with Crippen molar-refractivity contribution in [1.29, 1.82) is 0 Å². The molecule has 0 bridgehead atoms. The molecule has 0 atom stereocenters. The van der Waals surface area contributed by atoms with Gasteiger partial charge in [-0.2, -0.15) is 5.10 Å². The summed E-state index contributed by atoms with van der Waals surface area (Å²) in [6, 6.07) is 0. The second-order valence-electron chi connectivity index (χ2n) is 5.70. The molecule has 1 aromatic rings. The van der Waals surface area contributed by atoms with Gasteiger partial charge in [-0.3, -0.25) is 4.68 Å². The Morgan fingerprint density at radius 2 is 1.95 bits per heavy atom. The van der Waals surface area contributed by atoms with Crippen LogP contribution in [0.1, 0.15) is 57.3 Å². The number of rotatable bonds is 6. The summed E-state index contributed by atoms with van der Waals surface area (Å²) in [5, 5.41) is 9.07. The van der Waals surface area contributed by atoms with Crippen LogP contribution < -0.4 is 5.32 Å². The van der Waals surface area contributed by atoms with Crippen molar-refractivity contribution in [2.45, 2.75) is 71.0 Å². The van der Waals surface area contributed by atoms with Crippen LogP contribution in [0.4, 0.5) is 0 Å². The minimum atomic E-state index is 0.0817. The van der Waals surface area contributed by atoms with E-state index < -0.39 is 0 Å². The highest BCUT2D eigenvalue weighted by molar-refractivity contribution is 6.31. The van der Waals surface area contributed by atoms with Crippen molar-refractivity contribution in [3.63, 3.8) is 0 Å². The van der Waals surface area contributed by atoms with Crippen molar-refractivity contribution in [3.8, 4) is 0 Å². The zero-order valence-electron chi connectivity index (χ0n) is 12.5. The lowest BCUT2D eigenvalue weighted by Crippen LogP contribution is -2.48. The van der Waals surface area contributed by atoms with Crippen LogP contribution in [0.15, 0.2) is 0 Å². The monoisotopic (exact) mass is 317 g/mol. The van der Waals surface area contributed by atoms with Crippen LogP contribution in [-0.2, 0) is 19.5 Å². The molecule has 1 fully saturated rings. The average Bonchev–Trinajstić information content (AvgIpc) is 2.81.